The van der Waals surface area contributed by atoms with Crippen LogP contribution in [0.25, 0.3) is 0 Å². The molecular weight excluding hydrogens is 256 g/mol. The minimum atomic E-state index is 0.353. The average Bonchev–Trinajstić information content (AvgIpc) is 2.45. The molecule has 2 N–H and O–H groups in total. The lowest BCUT2D eigenvalue weighted by molar-refractivity contribution is 0.248. The van der Waals surface area contributed by atoms with E-state index in [1.807, 2.05) is 4.68 Å². The third kappa shape index (κ3) is 2.71. The van der Waals surface area contributed by atoms with Gasteiger partial charge in [-0.25, -0.2) is 4.68 Å². The van der Waals surface area contributed by atoms with Crippen LogP contribution in [-0.4, -0.2) is 14.8 Å². The van der Waals surface area contributed by atoms with Gasteiger partial charge in [-0.05, 0) is 40.6 Å². The summed E-state index contributed by atoms with van der Waals surface area (Å²) in [5.74, 6) is 1.93. The molecule has 1 heterocycles. The Labute approximate surface area is 98.4 Å². The van der Waals surface area contributed by atoms with Gasteiger partial charge in [0.2, 0.25) is 5.95 Å². The van der Waals surface area contributed by atoms with Crippen LogP contribution in [0.2, 0.25) is 0 Å². The fraction of sp³-hybridized carbons (Fsp3) is 0.800. The van der Waals surface area contributed by atoms with Gasteiger partial charge in [0.25, 0.3) is 0 Å². The molecular formula is C10H17BrN4. The summed E-state index contributed by atoms with van der Waals surface area (Å²) < 4.78 is 2.62. The van der Waals surface area contributed by atoms with E-state index in [9.17, 15) is 0 Å². The van der Waals surface area contributed by atoms with Gasteiger partial charge in [0.05, 0.1) is 0 Å². The van der Waals surface area contributed by atoms with E-state index >= 15 is 0 Å². The largest absolute Gasteiger partial charge is 0.366 e. The van der Waals surface area contributed by atoms with Crippen LogP contribution in [0.4, 0.5) is 5.95 Å². The lowest BCUT2D eigenvalue weighted by Crippen LogP contribution is -2.19. The van der Waals surface area contributed by atoms with Gasteiger partial charge in [0.15, 0.2) is 4.73 Å². The van der Waals surface area contributed by atoms with Crippen molar-refractivity contribution in [3.63, 3.8) is 0 Å². The van der Waals surface area contributed by atoms with Crippen molar-refractivity contribution in [2.75, 3.05) is 5.73 Å². The molecule has 4 nitrogen and oxygen atoms in total. The zero-order valence-electron chi connectivity index (χ0n) is 8.99. The van der Waals surface area contributed by atoms with Gasteiger partial charge in [-0.1, -0.05) is 19.8 Å². The van der Waals surface area contributed by atoms with E-state index in [4.69, 9.17) is 5.73 Å². The lowest BCUT2D eigenvalue weighted by Gasteiger charge is -2.26. The second kappa shape index (κ2) is 4.51. The Balaban J connectivity index is 1.99. The zero-order chi connectivity index (χ0) is 10.8. The molecule has 0 spiro atoms. The van der Waals surface area contributed by atoms with Crippen molar-refractivity contribution in [3.8, 4) is 0 Å². The molecule has 15 heavy (non-hydrogen) atoms. The molecule has 0 bridgehead atoms. The van der Waals surface area contributed by atoms with Crippen molar-refractivity contribution in [1.82, 2.24) is 14.8 Å². The van der Waals surface area contributed by atoms with Crippen LogP contribution in [0, 0.1) is 11.8 Å². The summed E-state index contributed by atoms with van der Waals surface area (Å²) in [4.78, 5) is 4.04. The summed E-state index contributed by atoms with van der Waals surface area (Å²) in [6.45, 7) is 3.27. The van der Waals surface area contributed by atoms with Gasteiger partial charge < -0.3 is 5.73 Å². The van der Waals surface area contributed by atoms with E-state index in [0.717, 1.165) is 23.1 Å². The molecule has 1 aromatic heterocycles. The highest BCUT2D eigenvalue weighted by Gasteiger charge is 2.20. The van der Waals surface area contributed by atoms with Crippen molar-refractivity contribution in [2.45, 2.75) is 39.2 Å². The number of nitrogens with zero attached hydrogens (tertiary/aromatic N) is 3. The van der Waals surface area contributed by atoms with Gasteiger partial charge in [0, 0.05) is 6.54 Å². The standard InChI is InChI=1S/C10H17BrN4/c1-7-3-2-4-8(5-7)6-15-9(11)13-10(12)14-15/h7-8H,2-6H2,1H3,(H2,12,14). The van der Waals surface area contributed by atoms with E-state index in [0.29, 0.717) is 5.95 Å². The first-order valence-corrected chi connectivity index (χ1v) is 6.30. The van der Waals surface area contributed by atoms with Gasteiger partial charge in [-0.3, -0.25) is 0 Å². The third-order valence-corrected chi connectivity index (χ3v) is 3.71. The molecule has 0 aliphatic heterocycles. The Hall–Kier alpha value is -0.580. The number of aromatic nitrogens is 3. The SMILES string of the molecule is CC1CCCC(Cn2nc(N)nc2Br)C1. The summed E-state index contributed by atoms with van der Waals surface area (Å²) in [7, 11) is 0. The molecule has 0 aromatic carbocycles. The average molecular weight is 273 g/mol. The first kappa shape index (κ1) is 10.9. The molecule has 1 aliphatic carbocycles. The maximum atomic E-state index is 5.54. The molecule has 0 saturated heterocycles. The Morgan fingerprint density at radius 2 is 2.33 bits per heavy atom. The first-order chi connectivity index (χ1) is 7.15. The fourth-order valence-electron chi connectivity index (χ4n) is 2.43. The highest BCUT2D eigenvalue weighted by molar-refractivity contribution is 9.10. The van der Waals surface area contributed by atoms with Crippen molar-refractivity contribution < 1.29 is 0 Å². The number of hydrogen-bond donors (Lipinski definition) is 1. The summed E-state index contributed by atoms with van der Waals surface area (Å²) in [5, 5.41) is 4.17. The normalized spacial score (nSPS) is 26.8. The second-order valence-corrected chi connectivity index (χ2v) is 5.27. The number of nitrogens with two attached hydrogens (primary N) is 1. The van der Waals surface area contributed by atoms with Crippen molar-refractivity contribution in [3.05, 3.63) is 4.73 Å². The quantitative estimate of drug-likeness (QED) is 0.900. The summed E-state index contributed by atoms with van der Waals surface area (Å²) in [6, 6.07) is 0. The van der Waals surface area contributed by atoms with Gasteiger partial charge in [0.1, 0.15) is 0 Å². The number of halogens is 1. The number of rotatable bonds is 2. The Bertz CT molecular complexity index is 336. The molecule has 5 heteroatoms. The van der Waals surface area contributed by atoms with Crippen LogP contribution in [0.3, 0.4) is 0 Å². The van der Waals surface area contributed by atoms with Crippen molar-refractivity contribution >= 4 is 21.9 Å². The van der Waals surface area contributed by atoms with E-state index in [-0.39, 0.29) is 0 Å². The topological polar surface area (TPSA) is 56.7 Å². The van der Waals surface area contributed by atoms with Crippen LogP contribution in [0.15, 0.2) is 4.73 Å². The third-order valence-electron chi connectivity index (χ3n) is 3.12. The van der Waals surface area contributed by atoms with Crippen LogP contribution < -0.4 is 5.73 Å². The molecule has 1 fully saturated rings. The maximum absolute atomic E-state index is 5.54. The highest BCUT2D eigenvalue weighted by atomic mass is 79.9. The molecule has 1 aromatic rings. The predicted octanol–water partition coefficient (Wildman–Crippen LogP) is 2.45. The number of hydrogen-bond acceptors (Lipinski definition) is 3. The Morgan fingerprint density at radius 3 is 2.93 bits per heavy atom. The van der Waals surface area contributed by atoms with Crippen LogP contribution in [0.1, 0.15) is 32.6 Å². The monoisotopic (exact) mass is 272 g/mol. The fourth-order valence-corrected chi connectivity index (χ4v) is 2.83. The van der Waals surface area contributed by atoms with Crippen LogP contribution >= 0.6 is 15.9 Å². The smallest absolute Gasteiger partial charge is 0.240 e. The van der Waals surface area contributed by atoms with Gasteiger partial charge in [-0.15, -0.1) is 5.10 Å². The van der Waals surface area contributed by atoms with Gasteiger partial charge in [-0.2, -0.15) is 4.98 Å². The molecule has 2 atom stereocenters. The highest BCUT2D eigenvalue weighted by Crippen LogP contribution is 2.30. The van der Waals surface area contributed by atoms with E-state index in [1.165, 1.54) is 25.7 Å². The lowest BCUT2D eigenvalue weighted by atomic mass is 9.82. The Kier molecular flexibility index (Phi) is 3.29. The first-order valence-electron chi connectivity index (χ1n) is 5.51. The maximum Gasteiger partial charge on any atom is 0.240 e. The molecule has 0 radical (unpaired) electrons. The second-order valence-electron chi connectivity index (χ2n) is 4.56. The van der Waals surface area contributed by atoms with Crippen molar-refractivity contribution in [1.29, 1.82) is 0 Å². The van der Waals surface area contributed by atoms with E-state index in [1.54, 1.807) is 0 Å². The molecule has 2 unspecified atom stereocenters. The summed E-state index contributed by atoms with van der Waals surface area (Å²) >= 11 is 3.37. The minimum absolute atomic E-state index is 0.353. The Morgan fingerprint density at radius 1 is 1.53 bits per heavy atom. The van der Waals surface area contributed by atoms with E-state index < -0.39 is 0 Å². The van der Waals surface area contributed by atoms with Gasteiger partial charge >= 0.3 is 0 Å². The summed E-state index contributed by atoms with van der Waals surface area (Å²) in [5.41, 5.74) is 5.54. The van der Waals surface area contributed by atoms with E-state index in [2.05, 4.69) is 32.9 Å². The molecule has 2 rings (SSSR count). The molecule has 84 valence electrons. The number of nitrogen functional groups attached to an aromatic ring is 1. The predicted molar refractivity (Wildman–Crippen MR) is 63.3 cm³/mol. The minimum Gasteiger partial charge on any atom is -0.366 e. The van der Waals surface area contributed by atoms with Crippen LogP contribution in [0.5, 0.6) is 0 Å². The zero-order valence-corrected chi connectivity index (χ0v) is 10.6. The van der Waals surface area contributed by atoms with Crippen LogP contribution in [-0.2, 0) is 6.54 Å². The molecule has 1 saturated carbocycles. The summed E-state index contributed by atoms with van der Waals surface area (Å²) in [6.07, 6.45) is 5.31. The van der Waals surface area contributed by atoms with Crippen molar-refractivity contribution in [2.24, 2.45) is 11.8 Å². The molecule has 0 amide bonds. The molecule has 1 aliphatic rings. The number of anilines is 1.